The Hall–Kier alpha value is -1.94. The number of phosphoric ester groups is 2. The van der Waals surface area contributed by atoms with Crippen LogP contribution in [0.4, 0.5) is 0 Å². The maximum absolute atomic E-state index is 13.2. The van der Waals surface area contributed by atoms with Crippen LogP contribution in [0.15, 0.2) is 0 Å². The van der Waals surface area contributed by atoms with Crippen LogP contribution in [0.5, 0.6) is 0 Å². The predicted octanol–water partition coefficient (Wildman–Crippen LogP) is 27.5. The lowest BCUT2D eigenvalue weighted by molar-refractivity contribution is -0.161. The third-order valence-corrected chi connectivity index (χ3v) is 22.9. The summed E-state index contributed by atoms with van der Waals surface area (Å²) in [6.45, 7) is 7.33. The Morgan fingerprint density at radius 1 is 0.250 bits per heavy atom. The van der Waals surface area contributed by atoms with Gasteiger partial charge < -0.3 is 33.8 Å². The Labute approximate surface area is 664 Å². The number of hydrogen-bond donors (Lipinski definition) is 3. The zero-order valence-electron chi connectivity index (χ0n) is 71.0. The molecule has 0 saturated heterocycles. The minimum atomic E-state index is -4.97. The molecule has 0 saturated carbocycles. The molecule has 108 heavy (non-hydrogen) atoms. The minimum Gasteiger partial charge on any atom is -0.462 e. The molecule has 0 amide bonds. The third kappa shape index (κ3) is 82.1. The number of ether oxygens (including phenoxy) is 4. The molecule has 0 heterocycles. The number of hydrogen-bond acceptors (Lipinski definition) is 15. The minimum absolute atomic E-state index is 0.108. The second kappa shape index (κ2) is 81.6. The van der Waals surface area contributed by atoms with Crippen LogP contribution in [0.1, 0.15) is 484 Å². The Kier molecular flexibility index (Phi) is 80.2. The van der Waals surface area contributed by atoms with Crippen LogP contribution in [0, 0.1) is 5.92 Å². The first kappa shape index (κ1) is 106. The van der Waals surface area contributed by atoms with Gasteiger partial charge in [-0.1, -0.05) is 433 Å². The van der Waals surface area contributed by atoms with Crippen LogP contribution in [-0.2, 0) is 65.4 Å². The number of aliphatic hydroxyl groups excluding tert-OH is 1. The fraction of sp³-hybridized carbons (Fsp3) is 0.955. The molecule has 19 heteroatoms. The maximum atomic E-state index is 13.2. The Morgan fingerprint density at radius 2 is 0.426 bits per heavy atom. The van der Waals surface area contributed by atoms with Gasteiger partial charge >= 0.3 is 39.5 Å². The van der Waals surface area contributed by atoms with E-state index in [1.54, 1.807) is 0 Å². The maximum Gasteiger partial charge on any atom is 0.472 e. The molecule has 5 atom stereocenters. The molecular weight excluding hydrogens is 1400 g/mol. The first-order chi connectivity index (χ1) is 52.5. The van der Waals surface area contributed by atoms with Crippen LogP contribution in [0.25, 0.3) is 0 Å². The average molecular weight is 1580 g/mol. The van der Waals surface area contributed by atoms with Crippen molar-refractivity contribution in [2.24, 2.45) is 5.92 Å². The van der Waals surface area contributed by atoms with E-state index in [9.17, 15) is 43.2 Å². The van der Waals surface area contributed by atoms with Gasteiger partial charge in [-0.2, -0.15) is 0 Å². The molecule has 0 aromatic heterocycles. The summed E-state index contributed by atoms with van der Waals surface area (Å²) in [5, 5.41) is 10.7. The molecule has 0 aliphatic carbocycles. The summed E-state index contributed by atoms with van der Waals surface area (Å²) >= 11 is 0. The Bertz CT molecular complexity index is 2050. The highest BCUT2D eigenvalue weighted by Crippen LogP contribution is 2.45. The second-order valence-corrected chi connectivity index (χ2v) is 35.4. The first-order valence-corrected chi connectivity index (χ1v) is 49.1. The summed E-state index contributed by atoms with van der Waals surface area (Å²) in [4.78, 5) is 73.3. The smallest absolute Gasteiger partial charge is 0.462 e. The van der Waals surface area contributed by atoms with Crippen molar-refractivity contribution in [3.63, 3.8) is 0 Å². The number of esters is 4. The van der Waals surface area contributed by atoms with Crippen molar-refractivity contribution in [3.05, 3.63) is 0 Å². The fourth-order valence-electron chi connectivity index (χ4n) is 14.0. The van der Waals surface area contributed by atoms with Crippen molar-refractivity contribution < 1.29 is 80.2 Å². The number of carbonyl (C=O) groups excluding carboxylic acids is 4. The van der Waals surface area contributed by atoms with Crippen LogP contribution in [0.3, 0.4) is 0 Å². The van der Waals surface area contributed by atoms with Gasteiger partial charge in [0.15, 0.2) is 12.2 Å². The largest absolute Gasteiger partial charge is 0.472 e. The fourth-order valence-corrected chi connectivity index (χ4v) is 15.6. The van der Waals surface area contributed by atoms with E-state index in [-0.39, 0.29) is 25.7 Å². The van der Waals surface area contributed by atoms with Crippen LogP contribution >= 0.6 is 15.6 Å². The Morgan fingerprint density at radius 3 is 0.630 bits per heavy atom. The predicted molar refractivity (Wildman–Crippen MR) is 446 cm³/mol. The van der Waals surface area contributed by atoms with Crippen molar-refractivity contribution in [1.82, 2.24) is 0 Å². The van der Waals surface area contributed by atoms with Gasteiger partial charge in [-0.15, -0.1) is 0 Å². The number of phosphoric acid groups is 2. The highest BCUT2D eigenvalue weighted by atomic mass is 31.2. The molecule has 642 valence electrons. The van der Waals surface area contributed by atoms with Gasteiger partial charge in [-0.25, -0.2) is 9.13 Å². The summed E-state index contributed by atoms with van der Waals surface area (Å²) < 4.78 is 69.0. The lowest BCUT2D eigenvalue weighted by Crippen LogP contribution is -2.30. The van der Waals surface area contributed by atoms with E-state index >= 15 is 0 Å². The summed E-state index contributed by atoms with van der Waals surface area (Å²) in [6, 6.07) is 0. The number of carbonyl (C=O) groups is 4. The second-order valence-electron chi connectivity index (χ2n) is 32.5. The van der Waals surface area contributed by atoms with Crippen molar-refractivity contribution in [3.8, 4) is 0 Å². The van der Waals surface area contributed by atoms with Gasteiger partial charge in [0.05, 0.1) is 26.4 Å². The van der Waals surface area contributed by atoms with Crippen molar-refractivity contribution in [2.75, 3.05) is 39.6 Å². The average Bonchev–Trinajstić information content (AvgIpc) is 0.745. The highest BCUT2D eigenvalue weighted by Gasteiger charge is 2.30. The molecule has 17 nitrogen and oxygen atoms in total. The van der Waals surface area contributed by atoms with E-state index in [1.165, 1.54) is 302 Å². The van der Waals surface area contributed by atoms with Gasteiger partial charge in [-0.05, 0) is 31.6 Å². The molecule has 0 aliphatic heterocycles. The summed E-state index contributed by atoms with van der Waals surface area (Å²) in [5.74, 6) is -1.39. The molecule has 0 aromatic carbocycles. The molecule has 0 fully saturated rings. The van der Waals surface area contributed by atoms with E-state index in [4.69, 9.17) is 37.0 Å². The molecule has 3 N–H and O–H groups in total. The molecule has 0 radical (unpaired) electrons. The monoisotopic (exact) mass is 1580 g/mol. The van der Waals surface area contributed by atoms with Crippen LogP contribution in [-0.4, -0.2) is 96.7 Å². The SMILES string of the molecule is CCCCCCCCCCCCCCCCCCCCCCCC(=O)O[C@H](COC(=O)CCCCCCCCCCCCCCCCCCCCCC)COP(=O)(O)OC[C@@H](O)COP(=O)(O)OC[C@@H](COC(=O)CCCCCCCCCC(C)C)OC(=O)CCCCCCCCCCCCCCCCCCC. The first-order valence-electron chi connectivity index (χ1n) is 46.1. The van der Waals surface area contributed by atoms with E-state index < -0.39 is 97.5 Å². The van der Waals surface area contributed by atoms with Crippen LogP contribution < -0.4 is 0 Å². The van der Waals surface area contributed by atoms with Gasteiger partial charge in [0.1, 0.15) is 19.3 Å². The van der Waals surface area contributed by atoms with Crippen molar-refractivity contribution >= 4 is 39.5 Å². The van der Waals surface area contributed by atoms with Gasteiger partial charge in [0, 0.05) is 25.7 Å². The van der Waals surface area contributed by atoms with Gasteiger partial charge in [0.25, 0.3) is 0 Å². The molecular formula is C89H174O17P2. The molecule has 0 spiro atoms. The highest BCUT2D eigenvalue weighted by molar-refractivity contribution is 7.47. The van der Waals surface area contributed by atoms with E-state index in [0.29, 0.717) is 31.6 Å². The van der Waals surface area contributed by atoms with E-state index in [0.717, 1.165) is 96.3 Å². The van der Waals surface area contributed by atoms with E-state index in [2.05, 4.69) is 34.6 Å². The normalized spacial score (nSPS) is 13.7. The standard InChI is InChI=1S/C89H174O17P2/c1-6-9-12-15-18-21-24-27-30-33-35-37-39-42-45-48-51-54-59-65-70-74-88(93)105-84(78-99-86(91)72-67-62-57-52-49-46-43-41-38-36-34-31-28-25-22-19-16-13-10-7-2)80-103-107(95,96)101-76-83(90)77-102-108(97,98)104-81-85(79-100-87(92)73-68-63-60-55-56-61-66-71-82(4)5)106-89(94)75-69-64-58-53-50-47-44-40-32-29-26-23-20-17-14-11-8-3/h82-85,90H,6-81H2,1-5H3,(H,95,96)(H,97,98)/t83-,84-,85-/m1/s1. The Balaban J connectivity index is 5.22. The molecule has 2 unspecified atom stereocenters. The third-order valence-electron chi connectivity index (χ3n) is 21.0. The molecule has 0 aromatic rings. The number of rotatable bonds is 89. The van der Waals surface area contributed by atoms with Gasteiger partial charge in [0.2, 0.25) is 0 Å². The van der Waals surface area contributed by atoms with Crippen molar-refractivity contribution in [2.45, 2.75) is 502 Å². The molecule has 0 rings (SSSR count). The summed E-state index contributed by atoms with van der Waals surface area (Å²) in [5.41, 5.74) is 0. The quantitative estimate of drug-likeness (QED) is 0.0222. The zero-order valence-corrected chi connectivity index (χ0v) is 72.8. The molecule has 0 bridgehead atoms. The van der Waals surface area contributed by atoms with E-state index in [1.807, 2.05) is 0 Å². The lowest BCUT2D eigenvalue weighted by Gasteiger charge is -2.21. The van der Waals surface area contributed by atoms with Gasteiger partial charge in [-0.3, -0.25) is 37.3 Å². The number of aliphatic hydroxyl groups is 1. The zero-order chi connectivity index (χ0) is 79.0. The lowest BCUT2D eigenvalue weighted by atomic mass is 10.0. The molecule has 0 aliphatic rings. The van der Waals surface area contributed by atoms with Crippen LogP contribution in [0.2, 0.25) is 0 Å². The summed E-state index contributed by atoms with van der Waals surface area (Å²) in [6.07, 6.45) is 76.6. The summed E-state index contributed by atoms with van der Waals surface area (Å²) in [7, 11) is -9.93. The topological polar surface area (TPSA) is 237 Å². The van der Waals surface area contributed by atoms with Crippen molar-refractivity contribution in [1.29, 1.82) is 0 Å². The number of unbranched alkanes of at least 4 members (excludes halogenated alkanes) is 61.